The van der Waals surface area contributed by atoms with E-state index < -0.39 is 0 Å². The Bertz CT molecular complexity index is 2290. The van der Waals surface area contributed by atoms with E-state index in [0.717, 1.165) is 122 Å². The van der Waals surface area contributed by atoms with Crippen molar-refractivity contribution in [2.24, 2.45) is 10.2 Å². The van der Waals surface area contributed by atoms with Crippen LogP contribution >= 0.6 is 0 Å². The number of hydrogen-bond acceptors (Lipinski definition) is 9. The molecule has 0 spiro atoms. The van der Waals surface area contributed by atoms with Crippen molar-refractivity contribution in [2.75, 3.05) is 36.7 Å². The summed E-state index contributed by atoms with van der Waals surface area (Å²) in [6.07, 6.45) is 13.1. The summed E-state index contributed by atoms with van der Waals surface area (Å²) >= 11 is 0. The van der Waals surface area contributed by atoms with E-state index in [1.54, 1.807) is 0 Å². The highest BCUT2D eigenvalue weighted by atomic mass is 16.5. The van der Waals surface area contributed by atoms with E-state index in [9.17, 15) is 14.4 Å². The van der Waals surface area contributed by atoms with Gasteiger partial charge in [0.25, 0.3) is 5.91 Å². The maximum atomic E-state index is 13.7. The van der Waals surface area contributed by atoms with Gasteiger partial charge in [-0.05, 0) is 145 Å². The van der Waals surface area contributed by atoms with Gasteiger partial charge in [-0.25, -0.2) is 0 Å². The average Bonchev–Trinajstić information content (AvgIpc) is 3.31. The van der Waals surface area contributed by atoms with Crippen molar-refractivity contribution in [2.45, 2.75) is 118 Å². The van der Waals surface area contributed by atoms with Gasteiger partial charge in [-0.15, -0.1) is 0 Å². The van der Waals surface area contributed by atoms with Crippen LogP contribution in [-0.4, -0.2) is 38.9 Å². The van der Waals surface area contributed by atoms with Gasteiger partial charge in [-0.1, -0.05) is 90.5 Å². The summed E-state index contributed by atoms with van der Waals surface area (Å²) in [6, 6.07) is 28.9. The van der Waals surface area contributed by atoms with Crippen molar-refractivity contribution < 1.29 is 23.9 Å². The van der Waals surface area contributed by atoms with Crippen LogP contribution < -0.4 is 25.4 Å². The normalized spacial score (nSPS) is 11.2. The number of azo groups is 1. The molecule has 10 heteroatoms. The van der Waals surface area contributed by atoms with Gasteiger partial charge < -0.3 is 25.4 Å². The van der Waals surface area contributed by atoms with Gasteiger partial charge in [0.05, 0.1) is 18.0 Å². The second kappa shape index (κ2) is 25.1. The van der Waals surface area contributed by atoms with E-state index in [-0.39, 0.29) is 35.2 Å². The topological polar surface area (TPSA) is 136 Å². The van der Waals surface area contributed by atoms with Crippen LogP contribution in [0.15, 0.2) is 101 Å². The van der Waals surface area contributed by atoms with Gasteiger partial charge in [0.15, 0.2) is 0 Å². The lowest BCUT2D eigenvalue weighted by Crippen LogP contribution is -2.16. The second-order valence-corrected chi connectivity index (χ2v) is 16.6. The van der Waals surface area contributed by atoms with Crippen LogP contribution in [0.1, 0.15) is 140 Å². The fraction of sp³-hybridized carbons (Fsp3) is 0.389. The third-order valence-electron chi connectivity index (χ3n) is 11.5. The molecule has 0 bridgehead atoms. The number of nitrogens with two attached hydrogens (primary N) is 1. The maximum absolute atomic E-state index is 13.7. The number of nitrogens with zero attached hydrogens (tertiary/aromatic N) is 3. The van der Waals surface area contributed by atoms with Gasteiger partial charge in [0.2, 0.25) is 0 Å². The number of unbranched alkanes of at least 4 members (excludes halogenated alkanes) is 7. The molecule has 0 saturated heterocycles. The summed E-state index contributed by atoms with van der Waals surface area (Å²) < 4.78 is 11.6. The number of benzene rings is 5. The monoisotopic (exact) mass is 866 g/mol. The molecule has 0 aliphatic heterocycles. The number of hydrogen-bond donors (Lipinski definition) is 2. The number of ether oxygens (including phenoxy) is 2. The number of nitrogen functional groups attached to an aromatic ring is 1. The third kappa shape index (κ3) is 14.6. The summed E-state index contributed by atoms with van der Waals surface area (Å²) in [5.41, 5.74) is 18.1. The van der Waals surface area contributed by atoms with Gasteiger partial charge in [-0.2, -0.15) is 10.2 Å². The van der Waals surface area contributed by atoms with Crippen molar-refractivity contribution in [1.82, 2.24) is 0 Å². The van der Waals surface area contributed by atoms with E-state index >= 15 is 0 Å². The van der Waals surface area contributed by atoms with E-state index in [1.807, 2.05) is 67.5 Å². The molecule has 5 rings (SSSR count). The molecule has 0 aromatic heterocycles. The quantitative estimate of drug-likeness (QED) is 0.0149. The van der Waals surface area contributed by atoms with Gasteiger partial charge in [0, 0.05) is 48.7 Å². The Morgan fingerprint density at radius 2 is 1.16 bits per heavy atom. The minimum Gasteiger partial charge on any atom is -0.494 e. The van der Waals surface area contributed by atoms with E-state index in [2.05, 4.69) is 67.5 Å². The number of carbonyl (C=O) groups excluding carboxylic acids is 3. The Balaban J connectivity index is 1.00. The standard InChI is InChI=1S/C54H67N5O5/c1-7-41-30-38(31-42(8-2)52(41)55)29-39-32-43(9-3)53(44(10-4)33-39)56-54(62)45-34-40(37-60)35-50(36-45)64-51(61)19-17-15-13-11-12-14-16-18-28-63-49-26-22-47(23-27-49)58-57-46-20-24-48(25-21-46)59(5)6/h20-27,30-37H,7-19,28-29,55H2,1-6H3,(H,56,62). The lowest BCUT2D eigenvalue weighted by Gasteiger charge is -2.18. The van der Waals surface area contributed by atoms with Gasteiger partial charge >= 0.3 is 5.97 Å². The van der Waals surface area contributed by atoms with Crippen molar-refractivity contribution in [1.29, 1.82) is 0 Å². The molecule has 338 valence electrons. The Morgan fingerprint density at radius 1 is 0.641 bits per heavy atom. The molecule has 0 aliphatic carbocycles. The molecule has 0 heterocycles. The molecule has 10 nitrogen and oxygen atoms in total. The first-order chi connectivity index (χ1) is 31.0. The molecule has 3 N–H and O–H groups in total. The molecular formula is C54H67N5O5. The maximum Gasteiger partial charge on any atom is 0.311 e. The molecule has 5 aromatic rings. The van der Waals surface area contributed by atoms with E-state index in [4.69, 9.17) is 15.2 Å². The number of carbonyl (C=O) groups is 3. The molecule has 0 atom stereocenters. The fourth-order valence-corrected chi connectivity index (χ4v) is 7.85. The third-order valence-corrected chi connectivity index (χ3v) is 11.5. The summed E-state index contributed by atoms with van der Waals surface area (Å²) in [5, 5.41) is 11.8. The minimum atomic E-state index is -0.380. The van der Waals surface area contributed by atoms with Crippen LogP contribution in [-0.2, 0) is 36.9 Å². The van der Waals surface area contributed by atoms with Gasteiger partial charge in [-0.3, -0.25) is 14.4 Å². The minimum absolute atomic E-state index is 0.188. The van der Waals surface area contributed by atoms with Crippen molar-refractivity contribution in [3.8, 4) is 11.5 Å². The molecule has 0 saturated carbocycles. The van der Waals surface area contributed by atoms with Crippen LogP contribution in [0.5, 0.6) is 11.5 Å². The predicted octanol–water partition coefficient (Wildman–Crippen LogP) is 13.2. The highest BCUT2D eigenvalue weighted by Gasteiger charge is 2.17. The number of esters is 1. The number of amides is 1. The summed E-state index contributed by atoms with van der Waals surface area (Å²) in [4.78, 5) is 40.5. The van der Waals surface area contributed by atoms with Gasteiger partial charge in [0.1, 0.15) is 17.8 Å². The Labute approximate surface area is 380 Å². The second-order valence-electron chi connectivity index (χ2n) is 16.6. The van der Waals surface area contributed by atoms with Crippen LogP contribution in [0.3, 0.4) is 0 Å². The van der Waals surface area contributed by atoms with Crippen molar-refractivity contribution >= 4 is 46.6 Å². The lowest BCUT2D eigenvalue weighted by molar-refractivity contribution is -0.134. The predicted molar refractivity (Wildman–Crippen MR) is 261 cm³/mol. The highest BCUT2D eigenvalue weighted by molar-refractivity contribution is 6.06. The number of nitrogens with one attached hydrogen (secondary N) is 1. The number of aldehydes is 1. The van der Waals surface area contributed by atoms with Crippen molar-refractivity contribution in [3.05, 3.63) is 136 Å². The smallest absolute Gasteiger partial charge is 0.311 e. The molecule has 64 heavy (non-hydrogen) atoms. The number of rotatable bonds is 25. The molecule has 5 aromatic carbocycles. The zero-order valence-corrected chi connectivity index (χ0v) is 38.8. The Morgan fingerprint density at radius 3 is 1.69 bits per heavy atom. The van der Waals surface area contributed by atoms with E-state index in [0.29, 0.717) is 19.3 Å². The SMILES string of the molecule is CCc1cc(Cc2cc(CC)c(NC(=O)c3cc(C=O)cc(OC(=O)CCCCCCCCCCOc4ccc(N=Nc5ccc(N(C)C)cc5)cc4)c3)c(CC)c2)cc(CC)c1N. The summed E-state index contributed by atoms with van der Waals surface area (Å²) in [7, 11) is 4.01. The molecule has 1 amide bonds. The van der Waals surface area contributed by atoms with E-state index in [1.165, 1.54) is 40.5 Å². The lowest BCUT2D eigenvalue weighted by atomic mass is 9.92. The Kier molecular flexibility index (Phi) is 19.1. The molecular weight excluding hydrogens is 799 g/mol. The van der Waals surface area contributed by atoms with Crippen LogP contribution in [0.2, 0.25) is 0 Å². The number of anilines is 3. The molecule has 0 radical (unpaired) electrons. The first kappa shape index (κ1) is 48.7. The van der Waals surface area contributed by atoms with Crippen LogP contribution in [0.25, 0.3) is 0 Å². The molecule has 0 unspecified atom stereocenters. The fourth-order valence-electron chi connectivity index (χ4n) is 7.85. The van der Waals surface area contributed by atoms with Crippen molar-refractivity contribution in [3.63, 3.8) is 0 Å². The van der Waals surface area contributed by atoms with Crippen LogP contribution in [0.4, 0.5) is 28.4 Å². The van der Waals surface area contributed by atoms with Crippen LogP contribution in [0, 0.1) is 0 Å². The first-order valence-corrected chi connectivity index (χ1v) is 23.1. The zero-order valence-electron chi connectivity index (χ0n) is 38.8. The average molecular weight is 866 g/mol. The first-order valence-electron chi connectivity index (χ1n) is 23.1. The largest absolute Gasteiger partial charge is 0.494 e. The molecule has 0 fully saturated rings. The molecule has 0 aliphatic rings. The summed E-state index contributed by atoms with van der Waals surface area (Å²) in [5.74, 6) is 0.269. The zero-order chi connectivity index (χ0) is 45.8. The highest BCUT2D eigenvalue weighted by Crippen LogP contribution is 2.30. The number of aryl methyl sites for hydroxylation is 4. The summed E-state index contributed by atoms with van der Waals surface area (Å²) in [6.45, 7) is 9.09. The Hall–Kier alpha value is -6.29.